The summed E-state index contributed by atoms with van der Waals surface area (Å²) in [6.45, 7) is 2.60. The quantitative estimate of drug-likeness (QED) is 0.348. The largest absolute Gasteiger partial charge is 0.492 e. The molecule has 0 bridgehead atoms. The summed E-state index contributed by atoms with van der Waals surface area (Å²) in [4.78, 5) is 22.6. The molecular weight excluding hydrogens is 352 g/mol. The number of carbonyl (C=O) groups excluding carboxylic acids is 1. The minimum atomic E-state index is -0.533. The number of fused-ring (bicyclic) bond motifs is 1. The van der Waals surface area contributed by atoms with Crippen LogP contribution in [0.2, 0.25) is 0 Å². The van der Waals surface area contributed by atoms with Crippen LogP contribution in [0.15, 0.2) is 42.5 Å². The maximum Gasteiger partial charge on any atom is 0.280 e. The van der Waals surface area contributed by atoms with Gasteiger partial charge in [-0.05, 0) is 36.8 Å². The number of nitrogens with zero attached hydrogens (tertiary/aromatic N) is 1. The third-order valence-corrected chi connectivity index (χ3v) is 3.79. The first-order valence-electron chi connectivity index (χ1n) is 8.26. The van der Waals surface area contributed by atoms with Crippen molar-refractivity contribution in [3.63, 3.8) is 0 Å². The molecule has 27 heavy (non-hydrogen) atoms. The first kappa shape index (κ1) is 18.2. The van der Waals surface area contributed by atoms with Gasteiger partial charge in [-0.15, -0.1) is 0 Å². The van der Waals surface area contributed by atoms with Gasteiger partial charge in [-0.3, -0.25) is 14.9 Å². The second-order valence-electron chi connectivity index (χ2n) is 5.81. The van der Waals surface area contributed by atoms with Gasteiger partial charge < -0.3 is 19.5 Å². The van der Waals surface area contributed by atoms with Crippen LogP contribution in [0, 0.1) is 17.0 Å². The molecule has 140 valence electrons. The van der Waals surface area contributed by atoms with E-state index in [1.807, 2.05) is 31.2 Å². The van der Waals surface area contributed by atoms with Gasteiger partial charge in [0.1, 0.15) is 12.4 Å². The number of rotatable bonds is 7. The van der Waals surface area contributed by atoms with Gasteiger partial charge in [0.15, 0.2) is 11.5 Å². The molecule has 2 aromatic rings. The topological polar surface area (TPSA) is 99.9 Å². The highest BCUT2D eigenvalue weighted by Gasteiger charge is 2.22. The van der Waals surface area contributed by atoms with Crippen molar-refractivity contribution in [2.45, 2.75) is 6.92 Å². The molecule has 0 saturated carbocycles. The molecule has 0 radical (unpaired) electrons. The average Bonchev–Trinajstić information content (AvgIpc) is 3.10. The van der Waals surface area contributed by atoms with Crippen molar-refractivity contribution in [3.05, 3.63) is 63.7 Å². The zero-order valence-electron chi connectivity index (χ0n) is 14.6. The van der Waals surface area contributed by atoms with Gasteiger partial charge >= 0.3 is 0 Å². The van der Waals surface area contributed by atoms with Crippen molar-refractivity contribution in [1.29, 1.82) is 0 Å². The Labute approximate surface area is 155 Å². The van der Waals surface area contributed by atoms with E-state index in [2.05, 4.69) is 5.32 Å². The number of nitro benzene ring substituents is 1. The monoisotopic (exact) mass is 370 g/mol. The lowest BCUT2D eigenvalue weighted by Crippen LogP contribution is -2.26. The third-order valence-electron chi connectivity index (χ3n) is 3.79. The van der Waals surface area contributed by atoms with Gasteiger partial charge in [0.2, 0.25) is 12.7 Å². The smallest absolute Gasteiger partial charge is 0.280 e. The SMILES string of the molecule is Cc1cccc(OCCNC(=O)/C=C/c2cc3c(cc2[N+](=O)[O-])OCO3)c1. The van der Waals surface area contributed by atoms with Crippen LogP contribution in [-0.2, 0) is 4.79 Å². The maximum absolute atomic E-state index is 11.9. The number of amides is 1. The van der Waals surface area contributed by atoms with Crippen molar-refractivity contribution >= 4 is 17.7 Å². The zero-order chi connectivity index (χ0) is 19.2. The van der Waals surface area contributed by atoms with Gasteiger partial charge in [0.25, 0.3) is 5.69 Å². The van der Waals surface area contributed by atoms with Gasteiger partial charge in [-0.2, -0.15) is 0 Å². The molecule has 1 aliphatic heterocycles. The minimum absolute atomic E-state index is 0.0150. The molecule has 1 amide bonds. The Balaban J connectivity index is 1.55. The first-order valence-corrected chi connectivity index (χ1v) is 8.26. The Kier molecular flexibility index (Phi) is 5.55. The number of ether oxygens (including phenoxy) is 3. The number of nitrogens with one attached hydrogen (secondary N) is 1. The van der Waals surface area contributed by atoms with Gasteiger partial charge in [0.05, 0.1) is 23.1 Å². The van der Waals surface area contributed by atoms with E-state index in [9.17, 15) is 14.9 Å². The predicted octanol–water partition coefficient (Wildman–Crippen LogP) is 2.84. The second-order valence-corrected chi connectivity index (χ2v) is 5.81. The Morgan fingerprint density at radius 2 is 2.07 bits per heavy atom. The number of carbonyl (C=O) groups is 1. The fourth-order valence-corrected chi connectivity index (χ4v) is 2.51. The summed E-state index contributed by atoms with van der Waals surface area (Å²) >= 11 is 0. The van der Waals surface area contributed by atoms with Crippen molar-refractivity contribution in [3.8, 4) is 17.2 Å². The van der Waals surface area contributed by atoms with Crippen molar-refractivity contribution in [1.82, 2.24) is 5.32 Å². The standard InChI is InChI=1S/C19H18N2O6/c1-13-3-2-4-15(9-13)25-8-7-20-19(22)6-5-14-10-17-18(27-12-26-17)11-16(14)21(23)24/h2-6,9-11H,7-8,12H2,1H3,(H,20,22)/b6-5+. The van der Waals surface area contributed by atoms with E-state index in [0.717, 1.165) is 11.3 Å². The zero-order valence-corrected chi connectivity index (χ0v) is 14.6. The summed E-state index contributed by atoms with van der Waals surface area (Å²) in [5.74, 6) is 1.08. The van der Waals surface area contributed by atoms with E-state index in [0.29, 0.717) is 24.7 Å². The molecule has 8 nitrogen and oxygen atoms in total. The average molecular weight is 370 g/mol. The van der Waals surface area contributed by atoms with Crippen LogP contribution >= 0.6 is 0 Å². The number of aryl methyl sites for hydroxylation is 1. The maximum atomic E-state index is 11.9. The molecule has 1 N–H and O–H groups in total. The Morgan fingerprint density at radius 1 is 1.30 bits per heavy atom. The molecule has 0 atom stereocenters. The molecule has 8 heteroatoms. The molecule has 0 aliphatic carbocycles. The van der Waals surface area contributed by atoms with E-state index >= 15 is 0 Å². The molecule has 2 aromatic carbocycles. The Bertz CT molecular complexity index is 894. The van der Waals surface area contributed by atoms with Gasteiger partial charge in [-0.1, -0.05) is 12.1 Å². The van der Waals surface area contributed by atoms with E-state index in [1.54, 1.807) is 0 Å². The normalized spacial score (nSPS) is 12.2. The lowest BCUT2D eigenvalue weighted by Gasteiger charge is -2.07. The molecule has 0 spiro atoms. The van der Waals surface area contributed by atoms with Crippen LogP contribution in [0.4, 0.5) is 5.69 Å². The molecule has 0 unspecified atom stereocenters. The molecule has 3 rings (SSSR count). The lowest BCUT2D eigenvalue weighted by molar-refractivity contribution is -0.385. The van der Waals surface area contributed by atoms with Crippen molar-refractivity contribution in [2.24, 2.45) is 0 Å². The Hall–Kier alpha value is -3.55. The van der Waals surface area contributed by atoms with E-state index in [-0.39, 0.29) is 24.0 Å². The fraction of sp³-hybridized carbons (Fsp3) is 0.211. The van der Waals surface area contributed by atoms with E-state index in [4.69, 9.17) is 14.2 Å². The summed E-state index contributed by atoms with van der Waals surface area (Å²) in [6, 6.07) is 10.4. The summed E-state index contributed by atoms with van der Waals surface area (Å²) < 4.78 is 15.9. The Morgan fingerprint density at radius 3 is 2.81 bits per heavy atom. The number of hydrogen-bond acceptors (Lipinski definition) is 6. The van der Waals surface area contributed by atoms with E-state index < -0.39 is 4.92 Å². The molecule has 0 saturated heterocycles. The summed E-state index contributed by atoms with van der Waals surface area (Å²) in [6.07, 6.45) is 2.61. The van der Waals surface area contributed by atoms with Crippen molar-refractivity contribution in [2.75, 3.05) is 19.9 Å². The predicted molar refractivity (Wildman–Crippen MR) is 97.9 cm³/mol. The fourth-order valence-electron chi connectivity index (χ4n) is 2.51. The van der Waals surface area contributed by atoms with Crippen LogP contribution in [-0.4, -0.2) is 30.8 Å². The molecule has 1 aliphatic rings. The van der Waals surface area contributed by atoms with Crippen LogP contribution in [0.3, 0.4) is 0 Å². The highest BCUT2D eigenvalue weighted by molar-refractivity contribution is 5.92. The third kappa shape index (κ3) is 4.75. The molecule has 1 heterocycles. The second kappa shape index (κ2) is 8.22. The summed E-state index contributed by atoms with van der Waals surface area (Å²) in [7, 11) is 0. The summed E-state index contributed by atoms with van der Waals surface area (Å²) in [5.41, 5.74) is 1.19. The highest BCUT2D eigenvalue weighted by Crippen LogP contribution is 2.38. The first-order chi connectivity index (χ1) is 13.0. The van der Waals surface area contributed by atoms with Crippen LogP contribution in [0.1, 0.15) is 11.1 Å². The number of hydrogen-bond donors (Lipinski definition) is 1. The number of benzene rings is 2. The van der Waals surface area contributed by atoms with Gasteiger partial charge in [0, 0.05) is 6.08 Å². The molecule has 0 aromatic heterocycles. The highest BCUT2D eigenvalue weighted by atomic mass is 16.7. The van der Waals surface area contributed by atoms with E-state index in [1.165, 1.54) is 24.3 Å². The molecular formula is C19H18N2O6. The van der Waals surface area contributed by atoms with Crippen molar-refractivity contribution < 1.29 is 23.9 Å². The number of nitro groups is 1. The summed E-state index contributed by atoms with van der Waals surface area (Å²) in [5, 5.41) is 13.9. The van der Waals surface area contributed by atoms with Gasteiger partial charge in [-0.25, -0.2) is 0 Å². The van der Waals surface area contributed by atoms with Crippen LogP contribution in [0.5, 0.6) is 17.2 Å². The lowest BCUT2D eigenvalue weighted by atomic mass is 10.1. The van der Waals surface area contributed by atoms with Crippen LogP contribution in [0.25, 0.3) is 6.08 Å². The minimum Gasteiger partial charge on any atom is -0.492 e. The molecule has 0 fully saturated rings. The van der Waals surface area contributed by atoms with Crippen LogP contribution < -0.4 is 19.5 Å².